The Hall–Kier alpha value is -2.82. The van der Waals surface area contributed by atoms with Crippen LogP contribution in [0.4, 0.5) is 5.69 Å². The number of hydrogen-bond acceptors (Lipinski definition) is 2. The van der Waals surface area contributed by atoms with Gasteiger partial charge in [-0.1, -0.05) is 84.9 Å². The molecule has 1 saturated carbocycles. The Morgan fingerprint density at radius 1 is 0.829 bits per heavy atom. The van der Waals surface area contributed by atoms with Gasteiger partial charge in [0.1, 0.15) is 0 Å². The van der Waals surface area contributed by atoms with E-state index in [2.05, 4.69) is 5.32 Å². The Kier molecular flexibility index (Phi) is 6.86. The van der Waals surface area contributed by atoms with Crippen LogP contribution in [0.2, 0.25) is 10.0 Å². The molecule has 0 bridgehead atoms. The summed E-state index contributed by atoms with van der Waals surface area (Å²) < 4.78 is 0. The fraction of sp³-hybridized carbons (Fsp3) is 0.310. The first-order valence-corrected chi connectivity index (χ1v) is 13.0. The summed E-state index contributed by atoms with van der Waals surface area (Å²) >= 11 is 12.4. The number of amides is 2. The first kappa shape index (κ1) is 23.9. The maximum Gasteiger partial charge on any atom is 0.251 e. The van der Waals surface area contributed by atoms with Crippen LogP contribution in [0.15, 0.2) is 78.9 Å². The van der Waals surface area contributed by atoms with Crippen molar-refractivity contribution in [1.82, 2.24) is 5.32 Å². The molecule has 1 aliphatic carbocycles. The van der Waals surface area contributed by atoms with Crippen LogP contribution in [0.5, 0.6) is 0 Å². The predicted molar refractivity (Wildman–Crippen MR) is 141 cm³/mol. The normalized spacial score (nSPS) is 22.9. The average Bonchev–Trinajstić information content (AvgIpc) is 3.20. The van der Waals surface area contributed by atoms with Crippen molar-refractivity contribution in [1.29, 1.82) is 0 Å². The first-order chi connectivity index (χ1) is 17.0. The van der Waals surface area contributed by atoms with E-state index in [-0.39, 0.29) is 30.2 Å². The van der Waals surface area contributed by atoms with Gasteiger partial charge in [0.25, 0.3) is 5.91 Å². The van der Waals surface area contributed by atoms with Crippen molar-refractivity contribution in [3.63, 3.8) is 0 Å². The lowest BCUT2D eigenvalue weighted by atomic mass is 9.73. The van der Waals surface area contributed by atoms with E-state index in [4.69, 9.17) is 23.2 Å². The first-order valence-electron chi connectivity index (χ1n) is 12.2. The molecule has 1 saturated heterocycles. The molecule has 2 atom stereocenters. The second kappa shape index (κ2) is 10.0. The molecule has 35 heavy (non-hydrogen) atoms. The second-order valence-electron chi connectivity index (χ2n) is 9.45. The van der Waals surface area contributed by atoms with Crippen molar-refractivity contribution in [2.45, 2.75) is 56.0 Å². The summed E-state index contributed by atoms with van der Waals surface area (Å²) in [5.74, 6) is -0.632. The summed E-state index contributed by atoms with van der Waals surface area (Å²) in [6, 6.07) is 24.4. The number of hydrogen-bond donors (Lipinski definition) is 1. The zero-order valence-corrected chi connectivity index (χ0v) is 20.9. The molecule has 1 heterocycles. The molecule has 2 aliphatic rings. The zero-order chi connectivity index (χ0) is 24.4. The summed E-state index contributed by atoms with van der Waals surface area (Å²) in [7, 11) is 0. The number of carbonyl (C=O) groups is 2. The van der Waals surface area contributed by atoms with Gasteiger partial charge in [0, 0.05) is 34.1 Å². The highest BCUT2D eigenvalue weighted by atomic mass is 35.5. The number of carbonyl (C=O) groups excluding carboxylic acids is 2. The van der Waals surface area contributed by atoms with E-state index in [1.165, 1.54) is 6.42 Å². The Labute approximate surface area is 216 Å². The Morgan fingerprint density at radius 3 is 2.06 bits per heavy atom. The van der Waals surface area contributed by atoms with E-state index in [1.807, 2.05) is 54.6 Å². The summed E-state index contributed by atoms with van der Waals surface area (Å²) in [4.78, 5) is 30.0. The molecule has 0 spiro atoms. The van der Waals surface area contributed by atoms with Crippen molar-refractivity contribution >= 4 is 40.7 Å². The van der Waals surface area contributed by atoms with Crippen LogP contribution in [0.3, 0.4) is 0 Å². The molecule has 3 aromatic carbocycles. The molecule has 2 fully saturated rings. The van der Waals surface area contributed by atoms with Crippen LogP contribution in [0.25, 0.3) is 0 Å². The summed E-state index contributed by atoms with van der Waals surface area (Å²) in [6.45, 7) is 0. The van der Waals surface area contributed by atoms with E-state index in [0.29, 0.717) is 15.7 Å². The molecule has 4 nitrogen and oxygen atoms in total. The van der Waals surface area contributed by atoms with Gasteiger partial charge in [-0.15, -0.1) is 0 Å². The van der Waals surface area contributed by atoms with Crippen molar-refractivity contribution in [3.05, 3.63) is 100 Å². The van der Waals surface area contributed by atoms with Gasteiger partial charge < -0.3 is 5.32 Å². The summed E-state index contributed by atoms with van der Waals surface area (Å²) in [5.41, 5.74) is 1.07. The van der Waals surface area contributed by atoms with Gasteiger partial charge in [0.2, 0.25) is 5.91 Å². The van der Waals surface area contributed by atoms with Crippen LogP contribution in [-0.4, -0.2) is 17.9 Å². The van der Waals surface area contributed by atoms with Gasteiger partial charge in [-0.2, -0.15) is 0 Å². The fourth-order valence-corrected chi connectivity index (χ4v) is 5.97. The smallest absolute Gasteiger partial charge is 0.251 e. The molecule has 0 aromatic heterocycles. The molecular formula is C29H28Cl2N2O2. The maximum atomic E-state index is 14.5. The number of benzene rings is 3. The van der Waals surface area contributed by atoms with E-state index < -0.39 is 5.54 Å². The predicted octanol–water partition coefficient (Wildman–Crippen LogP) is 6.86. The molecule has 5 rings (SSSR count). The molecule has 3 aromatic rings. The maximum absolute atomic E-state index is 14.5. The Morgan fingerprint density at radius 2 is 1.43 bits per heavy atom. The lowest BCUT2D eigenvalue weighted by Gasteiger charge is -2.42. The quantitative estimate of drug-likeness (QED) is 0.410. The number of halogens is 2. The van der Waals surface area contributed by atoms with Gasteiger partial charge in [-0.3, -0.25) is 14.5 Å². The SMILES string of the molecule is O=C1C[C@@H](c2ccccc2)[C@@](C(=O)NC2CCCCC2)(c2ccc(Cl)cc2)N1c1ccc(Cl)cc1. The highest BCUT2D eigenvalue weighted by Crippen LogP contribution is 2.52. The second-order valence-corrected chi connectivity index (χ2v) is 10.3. The van der Waals surface area contributed by atoms with E-state index >= 15 is 0 Å². The minimum Gasteiger partial charge on any atom is -0.351 e. The van der Waals surface area contributed by atoms with Crippen molar-refractivity contribution in [2.24, 2.45) is 0 Å². The topological polar surface area (TPSA) is 49.4 Å². The lowest BCUT2D eigenvalue weighted by molar-refractivity contribution is -0.129. The van der Waals surface area contributed by atoms with Gasteiger partial charge in [0.15, 0.2) is 5.54 Å². The van der Waals surface area contributed by atoms with Crippen LogP contribution in [0, 0.1) is 0 Å². The van der Waals surface area contributed by atoms with E-state index in [1.54, 1.807) is 29.2 Å². The number of rotatable bonds is 5. The molecule has 1 N–H and O–H groups in total. The fourth-order valence-electron chi connectivity index (χ4n) is 5.72. The van der Waals surface area contributed by atoms with Crippen LogP contribution >= 0.6 is 23.2 Å². The highest BCUT2D eigenvalue weighted by Gasteiger charge is 2.60. The Balaban J connectivity index is 1.72. The van der Waals surface area contributed by atoms with Crippen molar-refractivity contribution in [2.75, 3.05) is 4.90 Å². The zero-order valence-electron chi connectivity index (χ0n) is 19.4. The third-order valence-corrected chi connectivity index (χ3v) is 7.85. The average molecular weight is 507 g/mol. The molecule has 180 valence electrons. The monoisotopic (exact) mass is 506 g/mol. The number of nitrogens with zero attached hydrogens (tertiary/aromatic N) is 1. The third-order valence-electron chi connectivity index (χ3n) is 7.34. The molecule has 0 unspecified atom stereocenters. The molecule has 0 radical (unpaired) electrons. The van der Waals surface area contributed by atoms with Gasteiger partial charge in [-0.05, 0) is 60.4 Å². The van der Waals surface area contributed by atoms with Crippen LogP contribution < -0.4 is 10.2 Å². The Bertz CT molecular complexity index is 1190. The standard InChI is InChI=1S/C29H28Cl2N2O2/c30-22-13-11-21(12-14-22)29(28(35)32-24-9-5-2-6-10-24)26(20-7-3-1-4-8-20)19-27(34)33(29)25-17-15-23(31)16-18-25/h1,3-4,7-8,11-18,24,26H,2,5-6,9-10,19H2,(H,32,35)/t26-,29+/m0/s1. The van der Waals surface area contributed by atoms with E-state index in [9.17, 15) is 9.59 Å². The number of nitrogens with one attached hydrogen (secondary N) is 1. The minimum atomic E-state index is -1.27. The third kappa shape index (κ3) is 4.46. The highest BCUT2D eigenvalue weighted by molar-refractivity contribution is 6.31. The van der Waals surface area contributed by atoms with Gasteiger partial charge in [0.05, 0.1) is 0 Å². The van der Waals surface area contributed by atoms with Crippen molar-refractivity contribution < 1.29 is 9.59 Å². The van der Waals surface area contributed by atoms with Crippen molar-refractivity contribution in [3.8, 4) is 0 Å². The van der Waals surface area contributed by atoms with Crippen LogP contribution in [-0.2, 0) is 15.1 Å². The van der Waals surface area contributed by atoms with E-state index in [0.717, 1.165) is 36.8 Å². The molecule has 6 heteroatoms. The summed E-state index contributed by atoms with van der Waals surface area (Å²) in [5, 5.41) is 4.51. The lowest BCUT2D eigenvalue weighted by Crippen LogP contribution is -2.58. The van der Waals surface area contributed by atoms with Crippen LogP contribution in [0.1, 0.15) is 55.6 Å². The largest absolute Gasteiger partial charge is 0.351 e. The van der Waals surface area contributed by atoms with Gasteiger partial charge >= 0.3 is 0 Å². The molecule has 1 aliphatic heterocycles. The molecular weight excluding hydrogens is 479 g/mol. The van der Waals surface area contributed by atoms with Gasteiger partial charge in [-0.25, -0.2) is 0 Å². The minimum absolute atomic E-state index is 0.0969. The number of anilines is 1. The molecule has 2 amide bonds. The summed E-state index contributed by atoms with van der Waals surface area (Å²) in [6.07, 6.45) is 5.51.